The van der Waals surface area contributed by atoms with Crippen molar-refractivity contribution in [1.82, 2.24) is 4.98 Å². The summed E-state index contributed by atoms with van der Waals surface area (Å²) in [6.07, 6.45) is 3.15. The number of carbonyl (C=O) groups excluding carboxylic acids is 1. The van der Waals surface area contributed by atoms with Gasteiger partial charge in [-0.15, -0.1) is 0 Å². The van der Waals surface area contributed by atoms with E-state index in [0.717, 1.165) is 0 Å². The van der Waals surface area contributed by atoms with Gasteiger partial charge in [-0.1, -0.05) is 3.89 Å². The maximum absolute atomic E-state index is 12.4. The first-order valence-electron chi connectivity index (χ1n) is 7.86. The summed E-state index contributed by atoms with van der Waals surface area (Å²) in [5, 5.41) is 10.7. The highest BCUT2D eigenvalue weighted by Gasteiger charge is 2.09. The molecule has 0 radical (unpaired) electrons. The molecule has 1 amide bonds. The van der Waals surface area contributed by atoms with Gasteiger partial charge in [0, 0.05) is 11.8 Å². The molecule has 2 aromatic carbocycles. The number of nitrogens with one attached hydrogen (secondary N) is 1. The number of carbonyl (C=O) groups is 1. The number of nitrogens with zero attached hydrogens (tertiary/aromatic N) is 3. The van der Waals surface area contributed by atoms with Crippen LogP contribution in [0.1, 0.15) is 10.4 Å². The van der Waals surface area contributed by atoms with Crippen LogP contribution in [0.2, 0.25) is 0 Å². The van der Waals surface area contributed by atoms with Crippen molar-refractivity contribution in [2.75, 3.05) is 5.32 Å². The minimum absolute atomic E-state index is 0.176. The number of hydrogen-bond acceptors (Lipinski definition) is 7. The smallest absolute Gasteiger partial charge is 0.358 e. The number of anilines is 1. The van der Waals surface area contributed by atoms with Gasteiger partial charge in [-0.05, 0) is 60.7 Å². The zero-order valence-electron chi connectivity index (χ0n) is 14.2. The molecule has 1 aromatic heterocycles. The average Bonchev–Trinajstić information content (AvgIpc) is 2.67. The fourth-order valence-corrected chi connectivity index (χ4v) is 2.46. The highest BCUT2D eigenvalue weighted by Crippen LogP contribution is 2.22. The lowest BCUT2D eigenvalue weighted by molar-refractivity contribution is 0.102. The molecule has 1 heterocycles. The monoisotopic (exact) mass is 400 g/mol. The van der Waals surface area contributed by atoms with Gasteiger partial charge in [0.2, 0.25) is 0 Å². The van der Waals surface area contributed by atoms with Crippen LogP contribution in [0.25, 0.3) is 0 Å². The van der Waals surface area contributed by atoms with Crippen LogP contribution >= 0.6 is 0 Å². The molecule has 0 aliphatic heterocycles. The summed E-state index contributed by atoms with van der Waals surface area (Å²) < 4.78 is 37.3. The van der Waals surface area contributed by atoms with Gasteiger partial charge in [-0.3, -0.25) is 9.78 Å². The van der Waals surface area contributed by atoms with Crippen molar-refractivity contribution >= 4 is 33.5 Å². The minimum atomic E-state index is -5.07. The molecule has 0 aliphatic carbocycles. The Kier molecular flexibility index (Phi) is 5.70. The molecule has 0 unspecified atom stereocenters. The Hall–Kier alpha value is -3.66. The number of hydrogen-bond donors (Lipinski definition) is 1. The largest absolute Gasteiger partial charge is 0.488 e. The molecule has 10 heteroatoms. The van der Waals surface area contributed by atoms with Crippen LogP contribution in [-0.2, 0) is 10.5 Å². The van der Waals surface area contributed by atoms with E-state index in [4.69, 9.17) is 0 Å². The van der Waals surface area contributed by atoms with E-state index < -0.39 is 10.5 Å². The zero-order chi connectivity index (χ0) is 20.0. The van der Waals surface area contributed by atoms with E-state index in [-0.39, 0.29) is 11.7 Å². The van der Waals surface area contributed by atoms with Gasteiger partial charge < -0.3 is 9.50 Å². The summed E-state index contributed by atoms with van der Waals surface area (Å²) in [7, 11) is -5.07. The van der Waals surface area contributed by atoms with Crippen LogP contribution in [0.4, 0.5) is 20.9 Å². The molecular weight excluding hydrogens is 387 g/mol. The van der Waals surface area contributed by atoms with Gasteiger partial charge >= 0.3 is 10.5 Å². The second kappa shape index (κ2) is 8.35. The fourth-order valence-electron chi connectivity index (χ4n) is 2.12. The summed E-state index contributed by atoms with van der Waals surface area (Å²) in [6.45, 7) is 0. The molecule has 0 aliphatic rings. The van der Waals surface area contributed by atoms with Crippen molar-refractivity contribution in [3.63, 3.8) is 0 Å². The molecule has 0 atom stereocenters. The topological polar surface area (TPSA) is 110 Å². The second-order valence-electron chi connectivity index (χ2n) is 5.41. The Bertz CT molecular complexity index is 1090. The zero-order valence-corrected chi connectivity index (χ0v) is 15.0. The first kappa shape index (κ1) is 19.1. The van der Waals surface area contributed by atoms with E-state index in [0.29, 0.717) is 22.6 Å². The Morgan fingerprint density at radius 3 is 2.11 bits per heavy atom. The van der Waals surface area contributed by atoms with Crippen LogP contribution in [0.3, 0.4) is 0 Å². The van der Waals surface area contributed by atoms with Crippen molar-refractivity contribution in [3.8, 4) is 5.75 Å². The predicted molar refractivity (Wildman–Crippen MR) is 99.9 cm³/mol. The van der Waals surface area contributed by atoms with E-state index in [1.165, 1.54) is 24.3 Å². The summed E-state index contributed by atoms with van der Waals surface area (Å²) in [5.74, 6) is -0.458. The van der Waals surface area contributed by atoms with E-state index >= 15 is 0 Å². The van der Waals surface area contributed by atoms with E-state index in [2.05, 4.69) is 24.7 Å². The number of amides is 1. The first-order chi connectivity index (χ1) is 13.4. The Balaban J connectivity index is 1.63. The van der Waals surface area contributed by atoms with Crippen molar-refractivity contribution in [1.29, 1.82) is 0 Å². The maximum Gasteiger partial charge on any atom is 0.488 e. The number of benzene rings is 2. The van der Waals surface area contributed by atoms with Crippen molar-refractivity contribution in [2.24, 2.45) is 10.2 Å². The number of rotatable bonds is 6. The van der Waals surface area contributed by atoms with Gasteiger partial charge in [-0.25, -0.2) is 0 Å². The van der Waals surface area contributed by atoms with Crippen LogP contribution in [0.15, 0.2) is 83.3 Å². The summed E-state index contributed by atoms with van der Waals surface area (Å²) in [4.78, 5) is 16.1. The fraction of sp³-hybridized carbons (Fsp3) is 0. The quantitative estimate of drug-likeness (QED) is 0.489. The molecule has 3 rings (SSSR count). The predicted octanol–water partition coefficient (Wildman–Crippen LogP) is 4.34. The average molecular weight is 400 g/mol. The van der Waals surface area contributed by atoms with Gasteiger partial charge in [-0.2, -0.15) is 18.6 Å². The molecule has 28 heavy (non-hydrogen) atoms. The molecule has 0 bridgehead atoms. The molecule has 142 valence electrons. The molecular formula is C18H13FN4O4S. The van der Waals surface area contributed by atoms with Crippen molar-refractivity contribution in [3.05, 3.63) is 78.6 Å². The lowest BCUT2D eigenvalue weighted by Gasteiger charge is -2.04. The molecule has 0 fully saturated rings. The molecule has 0 saturated carbocycles. The van der Waals surface area contributed by atoms with Gasteiger partial charge in [0.25, 0.3) is 5.91 Å². The van der Waals surface area contributed by atoms with E-state index in [1.807, 2.05) is 0 Å². The summed E-state index contributed by atoms with van der Waals surface area (Å²) >= 11 is 0. The Morgan fingerprint density at radius 2 is 1.57 bits per heavy atom. The highest BCUT2D eigenvalue weighted by molar-refractivity contribution is 7.81. The maximum atomic E-state index is 12.4. The highest BCUT2D eigenvalue weighted by atomic mass is 32.3. The second-order valence-corrected chi connectivity index (χ2v) is 6.37. The standard InChI is InChI=1S/C18H13FN4O4S/c19-28(25,26)27-17-9-7-15(8-10-17)23-22-14-5-3-13(4-6-14)18(24)21-16-2-1-11-20-12-16/h1-12H,(H,21,24)/b23-22+. The Labute approximate surface area is 160 Å². The third-order valence-corrected chi connectivity index (χ3v) is 3.75. The number of halogens is 1. The first-order valence-corrected chi connectivity index (χ1v) is 9.17. The number of azo groups is 1. The van der Waals surface area contributed by atoms with E-state index in [9.17, 15) is 17.1 Å². The van der Waals surface area contributed by atoms with Gasteiger partial charge in [0.15, 0.2) is 0 Å². The van der Waals surface area contributed by atoms with Crippen LogP contribution < -0.4 is 9.50 Å². The minimum Gasteiger partial charge on any atom is -0.358 e. The molecule has 1 N–H and O–H groups in total. The normalized spacial score (nSPS) is 11.3. The molecule has 0 saturated heterocycles. The Morgan fingerprint density at radius 1 is 0.964 bits per heavy atom. The third-order valence-electron chi connectivity index (χ3n) is 3.36. The number of pyridine rings is 1. The summed E-state index contributed by atoms with van der Waals surface area (Å²) in [5.41, 5.74) is 1.94. The van der Waals surface area contributed by atoms with Crippen LogP contribution in [-0.4, -0.2) is 19.3 Å². The number of aromatic nitrogens is 1. The molecule has 0 spiro atoms. The lowest BCUT2D eigenvalue weighted by atomic mass is 10.2. The molecule has 8 nitrogen and oxygen atoms in total. The van der Waals surface area contributed by atoms with E-state index in [1.54, 1.807) is 48.8 Å². The SMILES string of the molecule is O=C(Nc1cccnc1)c1ccc(/N=N/c2ccc(OS(=O)(=O)F)cc2)cc1. The van der Waals surface area contributed by atoms with Crippen LogP contribution in [0.5, 0.6) is 5.75 Å². The third kappa shape index (κ3) is 5.68. The van der Waals surface area contributed by atoms with Crippen molar-refractivity contribution < 1.29 is 21.3 Å². The van der Waals surface area contributed by atoms with Gasteiger partial charge in [0.05, 0.1) is 23.3 Å². The van der Waals surface area contributed by atoms with Crippen molar-refractivity contribution in [2.45, 2.75) is 0 Å². The van der Waals surface area contributed by atoms with Gasteiger partial charge in [0.1, 0.15) is 5.75 Å². The lowest BCUT2D eigenvalue weighted by Crippen LogP contribution is -2.11. The summed E-state index contributed by atoms with van der Waals surface area (Å²) in [6, 6.07) is 15.2. The van der Waals surface area contributed by atoms with Crippen LogP contribution in [0, 0.1) is 0 Å². The molecule has 3 aromatic rings.